The lowest BCUT2D eigenvalue weighted by molar-refractivity contribution is -0.274. The number of ether oxygens (including phenoxy) is 1. The molecular formula is C8H8F5N3O. The number of anilines is 1. The fourth-order valence-electron chi connectivity index (χ4n) is 1.08. The molecule has 9 heteroatoms. The summed E-state index contributed by atoms with van der Waals surface area (Å²) in [6.07, 6.45) is -8.14. The molecule has 96 valence electrons. The molecule has 1 rings (SSSR count). The second-order valence-corrected chi connectivity index (χ2v) is 2.96. The average molecular weight is 257 g/mol. The third-order valence-electron chi connectivity index (χ3n) is 1.74. The van der Waals surface area contributed by atoms with Crippen molar-refractivity contribution >= 4 is 5.69 Å². The lowest BCUT2D eigenvalue weighted by atomic mass is 10.2. The predicted molar refractivity (Wildman–Crippen MR) is 48.2 cm³/mol. The molecule has 0 unspecified atom stereocenters. The number of pyridine rings is 1. The van der Waals surface area contributed by atoms with Crippen LogP contribution < -0.4 is 16.2 Å². The van der Waals surface area contributed by atoms with Crippen LogP contribution >= 0.6 is 0 Å². The fraction of sp³-hybridized carbons (Fsp3) is 0.375. The largest absolute Gasteiger partial charge is 0.573 e. The molecule has 4 N–H and O–H groups in total. The number of aromatic nitrogens is 1. The van der Waals surface area contributed by atoms with Gasteiger partial charge in [-0.15, -0.1) is 13.2 Å². The van der Waals surface area contributed by atoms with Crippen LogP contribution in [0.2, 0.25) is 0 Å². The van der Waals surface area contributed by atoms with Crippen LogP contribution in [0.3, 0.4) is 0 Å². The summed E-state index contributed by atoms with van der Waals surface area (Å²) < 4.78 is 64.3. The van der Waals surface area contributed by atoms with Gasteiger partial charge in [0.05, 0.1) is 5.69 Å². The number of nitrogens with two attached hydrogens (primary N) is 2. The molecule has 0 aliphatic rings. The van der Waals surface area contributed by atoms with Crippen LogP contribution in [0, 0.1) is 0 Å². The normalized spacial score (nSPS) is 11.9. The highest BCUT2D eigenvalue weighted by Gasteiger charge is 2.33. The van der Waals surface area contributed by atoms with E-state index < -0.39 is 29.9 Å². The van der Waals surface area contributed by atoms with Crippen LogP contribution in [0.15, 0.2) is 6.07 Å². The molecule has 0 aliphatic carbocycles. The summed E-state index contributed by atoms with van der Waals surface area (Å²) in [4.78, 5) is 3.33. The van der Waals surface area contributed by atoms with Gasteiger partial charge in [0.25, 0.3) is 6.43 Å². The summed E-state index contributed by atoms with van der Waals surface area (Å²) in [5, 5.41) is 0. The van der Waals surface area contributed by atoms with Gasteiger partial charge in [-0.2, -0.15) is 0 Å². The Morgan fingerprint density at radius 2 is 1.94 bits per heavy atom. The minimum atomic E-state index is -5.03. The summed E-state index contributed by atoms with van der Waals surface area (Å²) >= 11 is 0. The van der Waals surface area contributed by atoms with Crippen LogP contribution in [0.25, 0.3) is 0 Å². The summed E-state index contributed by atoms with van der Waals surface area (Å²) in [7, 11) is 0. The maximum absolute atomic E-state index is 12.4. The number of hydrogen-bond acceptors (Lipinski definition) is 4. The molecule has 1 aromatic rings. The number of alkyl halides is 5. The number of nitrogen functional groups attached to an aromatic ring is 1. The average Bonchev–Trinajstić information content (AvgIpc) is 2.18. The second kappa shape index (κ2) is 4.70. The van der Waals surface area contributed by atoms with Crippen molar-refractivity contribution in [3.8, 4) is 5.75 Å². The maximum atomic E-state index is 12.4. The Morgan fingerprint density at radius 1 is 1.35 bits per heavy atom. The van der Waals surface area contributed by atoms with E-state index in [4.69, 9.17) is 11.5 Å². The molecule has 0 fully saturated rings. The highest BCUT2D eigenvalue weighted by Crippen LogP contribution is 2.34. The van der Waals surface area contributed by atoms with E-state index in [1.54, 1.807) is 0 Å². The van der Waals surface area contributed by atoms with Crippen molar-refractivity contribution in [1.82, 2.24) is 4.98 Å². The molecule has 0 radical (unpaired) electrons. The molecule has 0 atom stereocenters. The molecule has 1 heterocycles. The fourth-order valence-corrected chi connectivity index (χ4v) is 1.08. The third kappa shape index (κ3) is 3.41. The lowest BCUT2D eigenvalue weighted by Crippen LogP contribution is -2.19. The molecule has 0 bridgehead atoms. The van der Waals surface area contributed by atoms with Crippen molar-refractivity contribution in [3.63, 3.8) is 0 Å². The zero-order valence-electron chi connectivity index (χ0n) is 8.26. The van der Waals surface area contributed by atoms with Gasteiger partial charge in [-0.25, -0.2) is 13.8 Å². The predicted octanol–water partition coefficient (Wildman–Crippen LogP) is 1.96. The number of rotatable bonds is 3. The van der Waals surface area contributed by atoms with E-state index in [9.17, 15) is 22.0 Å². The van der Waals surface area contributed by atoms with Gasteiger partial charge in [-0.05, 0) is 0 Å². The Kier molecular flexibility index (Phi) is 3.71. The van der Waals surface area contributed by atoms with Crippen molar-refractivity contribution < 1.29 is 26.7 Å². The first-order chi connectivity index (χ1) is 7.74. The SMILES string of the molecule is NCc1cc(OC(F)(F)F)c(N)c(C(F)F)n1. The van der Waals surface area contributed by atoms with E-state index in [0.717, 1.165) is 6.07 Å². The van der Waals surface area contributed by atoms with E-state index in [-0.39, 0.29) is 12.2 Å². The van der Waals surface area contributed by atoms with E-state index in [1.165, 1.54) is 0 Å². The number of nitrogens with zero attached hydrogens (tertiary/aromatic N) is 1. The van der Waals surface area contributed by atoms with Gasteiger partial charge in [0.2, 0.25) is 0 Å². The van der Waals surface area contributed by atoms with Crippen molar-refractivity contribution in [2.75, 3.05) is 5.73 Å². The smallest absolute Gasteiger partial charge is 0.403 e. The zero-order chi connectivity index (χ0) is 13.2. The lowest BCUT2D eigenvalue weighted by Gasteiger charge is -2.14. The molecule has 0 saturated heterocycles. The van der Waals surface area contributed by atoms with Gasteiger partial charge < -0.3 is 16.2 Å². The van der Waals surface area contributed by atoms with Crippen molar-refractivity contribution in [2.45, 2.75) is 19.3 Å². The van der Waals surface area contributed by atoms with E-state index in [2.05, 4.69) is 9.72 Å². The van der Waals surface area contributed by atoms with E-state index in [1.807, 2.05) is 0 Å². The monoisotopic (exact) mass is 257 g/mol. The van der Waals surface area contributed by atoms with Crippen molar-refractivity contribution in [3.05, 3.63) is 17.5 Å². The quantitative estimate of drug-likeness (QED) is 0.812. The molecule has 4 nitrogen and oxygen atoms in total. The van der Waals surface area contributed by atoms with Crippen LogP contribution in [0.5, 0.6) is 5.75 Å². The van der Waals surface area contributed by atoms with Gasteiger partial charge >= 0.3 is 6.36 Å². The third-order valence-corrected chi connectivity index (χ3v) is 1.74. The minimum absolute atomic E-state index is 0.172. The van der Waals surface area contributed by atoms with Gasteiger partial charge in [-0.3, -0.25) is 0 Å². The Hall–Kier alpha value is -1.64. The summed E-state index contributed by atoms with van der Waals surface area (Å²) in [5.41, 5.74) is 8.22. The molecule has 1 aromatic heterocycles. The summed E-state index contributed by atoms with van der Waals surface area (Å²) in [5.74, 6) is -0.928. The van der Waals surface area contributed by atoms with Crippen molar-refractivity contribution in [1.29, 1.82) is 0 Å². The summed E-state index contributed by atoms with van der Waals surface area (Å²) in [6.45, 7) is -0.311. The molecule has 17 heavy (non-hydrogen) atoms. The highest BCUT2D eigenvalue weighted by atomic mass is 19.4. The molecule has 0 saturated carbocycles. The van der Waals surface area contributed by atoms with Crippen LogP contribution in [0.1, 0.15) is 17.8 Å². The number of hydrogen-bond donors (Lipinski definition) is 2. The number of halogens is 5. The second-order valence-electron chi connectivity index (χ2n) is 2.96. The Morgan fingerprint density at radius 3 is 2.35 bits per heavy atom. The first kappa shape index (κ1) is 13.4. The van der Waals surface area contributed by atoms with Gasteiger partial charge in [0.1, 0.15) is 11.4 Å². The zero-order valence-corrected chi connectivity index (χ0v) is 8.26. The van der Waals surface area contributed by atoms with Crippen LogP contribution in [-0.2, 0) is 6.54 Å². The van der Waals surface area contributed by atoms with E-state index >= 15 is 0 Å². The first-order valence-electron chi connectivity index (χ1n) is 4.28. The van der Waals surface area contributed by atoms with Gasteiger partial charge in [0.15, 0.2) is 5.75 Å². The molecule has 0 amide bonds. The molecule has 0 aromatic carbocycles. The Labute approximate surface area is 92.4 Å². The minimum Gasteiger partial charge on any atom is -0.403 e. The Balaban J connectivity index is 3.24. The molecular weight excluding hydrogens is 249 g/mol. The topological polar surface area (TPSA) is 74.2 Å². The van der Waals surface area contributed by atoms with Crippen LogP contribution in [-0.4, -0.2) is 11.3 Å². The molecule has 0 aliphatic heterocycles. The standard InChI is InChI=1S/C8H8F5N3O/c9-7(10)6-5(15)4(17-8(11,12)13)1-3(2-14)16-6/h1,7H,2,14-15H2. The maximum Gasteiger partial charge on any atom is 0.573 e. The van der Waals surface area contributed by atoms with Crippen molar-refractivity contribution in [2.24, 2.45) is 5.73 Å². The molecule has 0 spiro atoms. The van der Waals surface area contributed by atoms with Gasteiger partial charge in [-0.1, -0.05) is 0 Å². The van der Waals surface area contributed by atoms with Crippen LogP contribution in [0.4, 0.5) is 27.6 Å². The van der Waals surface area contributed by atoms with E-state index in [0.29, 0.717) is 0 Å². The summed E-state index contributed by atoms with van der Waals surface area (Å²) in [6, 6.07) is 0.773. The first-order valence-corrected chi connectivity index (χ1v) is 4.28. The highest BCUT2D eigenvalue weighted by molar-refractivity contribution is 5.57. The van der Waals surface area contributed by atoms with Gasteiger partial charge in [0, 0.05) is 12.6 Å². The Bertz CT molecular complexity index is 407.